The molecule has 0 atom stereocenters. The van der Waals surface area contributed by atoms with Crippen molar-refractivity contribution in [2.75, 3.05) is 5.32 Å². The fourth-order valence-electron chi connectivity index (χ4n) is 2.33. The average molecular weight is 303 g/mol. The SMILES string of the molecule is Cc1ccc(CNc2oc(-c3ccccc3C)nc2C#N)cc1. The lowest BCUT2D eigenvalue weighted by Crippen LogP contribution is -1.99. The molecule has 0 amide bonds. The van der Waals surface area contributed by atoms with E-state index in [1.807, 2.05) is 43.3 Å². The van der Waals surface area contributed by atoms with Crippen molar-refractivity contribution in [1.82, 2.24) is 4.98 Å². The Morgan fingerprint density at radius 1 is 1.09 bits per heavy atom. The van der Waals surface area contributed by atoms with Crippen molar-refractivity contribution < 1.29 is 4.42 Å². The summed E-state index contributed by atoms with van der Waals surface area (Å²) in [6, 6.07) is 18.1. The van der Waals surface area contributed by atoms with Gasteiger partial charge in [0, 0.05) is 12.1 Å². The number of aromatic nitrogens is 1. The van der Waals surface area contributed by atoms with Crippen LogP contribution in [0.25, 0.3) is 11.5 Å². The number of oxazole rings is 1. The van der Waals surface area contributed by atoms with E-state index in [1.165, 1.54) is 5.56 Å². The van der Waals surface area contributed by atoms with E-state index in [9.17, 15) is 5.26 Å². The number of nitriles is 1. The van der Waals surface area contributed by atoms with Crippen LogP contribution >= 0.6 is 0 Å². The summed E-state index contributed by atoms with van der Waals surface area (Å²) in [5, 5.41) is 12.4. The summed E-state index contributed by atoms with van der Waals surface area (Å²) in [4.78, 5) is 4.30. The molecule has 0 aliphatic rings. The highest BCUT2D eigenvalue weighted by atomic mass is 16.4. The molecule has 0 spiro atoms. The van der Waals surface area contributed by atoms with Crippen molar-refractivity contribution in [3.63, 3.8) is 0 Å². The van der Waals surface area contributed by atoms with Gasteiger partial charge in [-0.25, -0.2) is 0 Å². The van der Waals surface area contributed by atoms with Crippen molar-refractivity contribution in [2.45, 2.75) is 20.4 Å². The Morgan fingerprint density at radius 2 is 1.83 bits per heavy atom. The van der Waals surface area contributed by atoms with Gasteiger partial charge in [-0.3, -0.25) is 0 Å². The second-order valence-corrected chi connectivity index (χ2v) is 5.46. The maximum Gasteiger partial charge on any atom is 0.232 e. The van der Waals surface area contributed by atoms with E-state index in [-0.39, 0.29) is 5.69 Å². The summed E-state index contributed by atoms with van der Waals surface area (Å²) in [6.07, 6.45) is 0. The molecule has 0 fully saturated rings. The molecule has 23 heavy (non-hydrogen) atoms. The third-order valence-corrected chi connectivity index (χ3v) is 3.68. The van der Waals surface area contributed by atoms with Crippen molar-refractivity contribution >= 4 is 5.88 Å². The van der Waals surface area contributed by atoms with Gasteiger partial charge in [-0.15, -0.1) is 0 Å². The minimum absolute atomic E-state index is 0.273. The third kappa shape index (κ3) is 3.24. The number of hydrogen-bond acceptors (Lipinski definition) is 4. The molecule has 4 heteroatoms. The fourth-order valence-corrected chi connectivity index (χ4v) is 2.33. The highest BCUT2D eigenvalue weighted by Crippen LogP contribution is 2.27. The molecule has 3 aromatic rings. The lowest BCUT2D eigenvalue weighted by molar-refractivity contribution is 0.584. The van der Waals surface area contributed by atoms with Gasteiger partial charge in [0.25, 0.3) is 0 Å². The maximum absolute atomic E-state index is 9.27. The van der Waals surface area contributed by atoms with Gasteiger partial charge in [-0.1, -0.05) is 48.0 Å². The predicted molar refractivity (Wildman–Crippen MR) is 89.9 cm³/mol. The summed E-state index contributed by atoms with van der Waals surface area (Å²) in [7, 11) is 0. The van der Waals surface area contributed by atoms with Crippen molar-refractivity contribution in [3.05, 3.63) is 70.9 Å². The van der Waals surface area contributed by atoms with Crippen LogP contribution in [0.3, 0.4) is 0 Å². The zero-order valence-electron chi connectivity index (χ0n) is 13.1. The van der Waals surface area contributed by atoms with Crippen LogP contribution in [0, 0.1) is 25.2 Å². The van der Waals surface area contributed by atoms with Gasteiger partial charge in [0.2, 0.25) is 17.5 Å². The van der Waals surface area contributed by atoms with Gasteiger partial charge in [0.15, 0.2) is 0 Å². The van der Waals surface area contributed by atoms with Gasteiger partial charge < -0.3 is 9.73 Å². The second kappa shape index (κ2) is 6.37. The molecule has 0 saturated carbocycles. The second-order valence-electron chi connectivity index (χ2n) is 5.46. The van der Waals surface area contributed by atoms with Crippen LogP contribution in [-0.2, 0) is 6.54 Å². The minimum atomic E-state index is 0.273. The number of anilines is 1. The molecule has 1 heterocycles. The minimum Gasteiger partial charge on any atom is -0.419 e. The normalized spacial score (nSPS) is 10.3. The third-order valence-electron chi connectivity index (χ3n) is 3.68. The lowest BCUT2D eigenvalue weighted by atomic mass is 10.1. The number of benzene rings is 2. The molecular formula is C19H17N3O. The first-order valence-electron chi connectivity index (χ1n) is 7.43. The number of rotatable bonds is 4. The summed E-state index contributed by atoms with van der Waals surface area (Å²) < 4.78 is 5.77. The van der Waals surface area contributed by atoms with Crippen molar-refractivity contribution in [1.29, 1.82) is 5.26 Å². The molecule has 1 N–H and O–H groups in total. The van der Waals surface area contributed by atoms with Crippen molar-refractivity contribution in [3.8, 4) is 17.5 Å². The number of aryl methyl sites for hydroxylation is 2. The van der Waals surface area contributed by atoms with E-state index in [1.54, 1.807) is 0 Å². The zero-order chi connectivity index (χ0) is 16.2. The molecule has 0 bridgehead atoms. The topological polar surface area (TPSA) is 61.9 Å². The molecule has 0 unspecified atom stereocenters. The number of nitrogens with zero attached hydrogens (tertiary/aromatic N) is 2. The Hall–Kier alpha value is -3.06. The molecule has 114 valence electrons. The molecule has 3 rings (SSSR count). The molecule has 1 aromatic heterocycles. The summed E-state index contributed by atoms with van der Waals surface area (Å²) >= 11 is 0. The van der Waals surface area contributed by atoms with Crippen LogP contribution < -0.4 is 5.32 Å². The standard InChI is InChI=1S/C19H17N3O/c1-13-7-9-15(10-8-13)12-21-19-17(11-20)22-18(23-19)16-6-4-3-5-14(16)2/h3-10,21H,12H2,1-2H3. The molecule has 0 radical (unpaired) electrons. The number of nitrogens with one attached hydrogen (secondary N) is 1. The predicted octanol–water partition coefficient (Wildman–Crippen LogP) is 4.44. The molecular weight excluding hydrogens is 286 g/mol. The summed E-state index contributed by atoms with van der Waals surface area (Å²) in [5.74, 6) is 0.873. The first-order chi connectivity index (χ1) is 11.2. The molecule has 2 aromatic carbocycles. The van der Waals surface area contributed by atoms with Crippen LogP contribution in [0.5, 0.6) is 0 Å². The Kier molecular flexibility index (Phi) is 4.11. The van der Waals surface area contributed by atoms with Crippen molar-refractivity contribution in [2.24, 2.45) is 0 Å². The van der Waals surface area contributed by atoms with E-state index in [0.717, 1.165) is 16.7 Å². The van der Waals surface area contributed by atoms with Gasteiger partial charge in [0.05, 0.1) is 0 Å². The maximum atomic E-state index is 9.27. The summed E-state index contributed by atoms with van der Waals surface area (Å²) in [5.41, 5.74) is 4.56. The van der Waals surface area contributed by atoms with Crippen LogP contribution in [-0.4, -0.2) is 4.98 Å². The van der Waals surface area contributed by atoms with Crippen LogP contribution in [0.2, 0.25) is 0 Å². The van der Waals surface area contributed by atoms with E-state index in [0.29, 0.717) is 18.3 Å². The Labute approximate surface area is 135 Å². The van der Waals surface area contributed by atoms with Crippen LogP contribution in [0.1, 0.15) is 22.4 Å². The van der Waals surface area contributed by atoms with E-state index in [2.05, 4.69) is 35.4 Å². The quantitative estimate of drug-likeness (QED) is 0.774. The molecule has 4 nitrogen and oxygen atoms in total. The molecule has 0 aliphatic carbocycles. The van der Waals surface area contributed by atoms with E-state index >= 15 is 0 Å². The highest BCUT2D eigenvalue weighted by Gasteiger charge is 2.15. The number of hydrogen-bond donors (Lipinski definition) is 1. The lowest BCUT2D eigenvalue weighted by Gasteiger charge is -2.04. The highest BCUT2D eigenvalue weighted by molar-refractivity contribution is 5.62. The fraction of sp³-hybridized carbons (Fsp3) is 0.158. The zero-order valence-corrected chi connectivity index (χ0v) is 13.1. The first kappa shape index (κ1) is 14.9. The van der Waals surface area contributed by atoms with Gasteiger partial charge in [-0.05, 0) is 31.0 Å². The Bertz CT molecular complexity index is 857. The largest absolute Gasteiger partial charge is 0.419 e. The molecule has 0 aliphatic heterocycles. The monoisotopic (exact) mass is 303 g/mol. The van der Waals surface area contributed by atoms with Gasteiger partial charge >= 0.3 is 0 Å². The molecule has 0 saturated heterocycles. The summed E-state index contributed by atoms with van der Waals surface area (Å²) in [6.45, 7) is 4.62. The Balaban J connectivity index is 1.84. The first-order valence-corrected chi connectivity index (χ1v) is 7.43. The van der Waals surface area contributed by atoms with Crippen LogP contribution in [0.15, 0.2) is 52.9 Å². The van der Waals surface area contributed by atoms with Gasteiger partial charge in [-0.2, -0.15) is 10.2 Å². The van der Waals surface area contributed by atoms with Gasteiger partial charge in [0.1, 0.15) is 6.07 Å². The average Bonchev–Trinajstić information content (AvgIpc) is 2.98. The Morgan fingerprint density at radius 3 is 2.52 bits per heavy atom. The van der Waals surface area contributed by atoms with Crippen LogP contribution in [0.4, 0.5) is 5.88 Å². The smallest absolute Gasteiger partial charge is 0.232 e. The van der Waals surface area contributed by atoms with E-state index in [4.69, 9.17) is 4.42 Å². The van der Waals surface area contributed by atoms with E-state index < -0.39 is 0 Å².